The maximum Gasteiger partial charge on any atom is 0.283 e. The predicted octanol–water partition coefficient (Wildman–Crippen LogP) is 3.45. The minimum absolute atomic E-state index is 0.0117. The Hall–Kier alpha value is -1.96. The van der Waals surface area contributed by atoms with E-state index in [2.05, 4.69) is 15.5 Å². The topological polar surface area (TPSA) is 64.7 Å². The first-order chi connectivity index (χ1) is 11.9. The molecule has 136 valence electrons. The van der Waals surface area contributed by atoms with E-state index in [-0.39, 0.29) is 29.4 Å². The number of rotatable bonds is 7. The van der Waals surface area contributed by atoms with Crippen LogP contribution in [-0.4, -0.2) is 25.5 Å². The van der Waals surface area contributed by atoms with E-state index < -0.39 is 12.1 Å². The molecule has 2 heterocycles. The van der Waals surface area contributed by atoms with Crippen LogP contribution in [0.15, 0.2) is 12.3 Å². The Morgan fingerprint density at radius 3 is 2.76 bits per heavy atom. The molecule has 3 rings (SSSR count). The van der Waals surface area contributed by atoms with Gasteiger partial charge in [0.1, 0.15) is 12.2 Å². The van der Waals surface area contributed by atoms with Gasteiger partial charge in [0.25, 0.3) is 6.43 Å². The molecule has 0 aliphatic heterocycles. The van der Waals surface area contributed by atoms with E-state index in [1.54, 1.807) is 10.9 Å². The minimum Gasteiger partial charge on any atom is -0.346 e. The van der Waals surface area contributed by atoms with E-state index in [9.17, 15) is 13.6 Å². The summed E-state index contributed by atoms with van der Waals surface area (Å²) in [7, 11) is 0. The molecule has 1 fully saturated rings. The van der Waals surface area contributed by atoms with Gasteiger partial charge in [0.2, 0.25) is 5.91 Å². The lowest BCUT2D eigenvalue weighted by Gasteiger charge is -2.16. The number of carbonyl (C=O) groups excluding carboxylic acids is 1. The van der Waals surface area contributed by atoms with Crippen molar-refractivity contribution < 1.29 is 13.6 Å². The summed E-state index contributed by atoms with van der Waals surface area (Å²) in [6, 6.07) is 1.59. The second-order valence-corrected chi connectivity index (χ2v) is 6.56. The largest absolute Gasteiger partial charge is 0.346 e. The highest BCUT2D eigenvalue weighted by atomic mass is 35.5. The Morgan fingerprint density at radius 2 is 2.16 bits per heavy atom. The second-order valence-electron chi connectivity index (χ2n) is 6.18. The molecule has 25 heavy (non-hydrogen) atoms. The summed E-state index contributed by atoms with van der Waals surface area (Å²) in [5.74, 6) is -0.197. The SMILES string of the molecule is CCn1nccc1C(C)NC(=O)Cn1nc(C(F)F)c(Cl)c1C1CC1. The molecule has 6 nitrogen and oxygen atoms in total. The Morgan fingerprint density at radius 1 is 1.44 bits per heavy atom. The number of aryl methyl sites for hydroxylation is 1. The number of hydrogen-bond donors (Lipinski definition) is 1. The quantitative estimate of drug-likeness (QED) is 0.810. The van der Waals surface area contributed by atoms with Crippen molar-refractivity contribution in [2.75, 3.05) is 0 Å². The second kappa shape index (κ2) is 7.11. The molecule has 0 spiro atoms. The highest BCUT2D eigenvalue weighted by molar-refractivity contribution is 6.32. The van der Waals surface area contributed by atoms with Crippen LogP contribution in [-0.2, 0) is 17.9 Å². The van der Waals surface area contributed by atoms with Gasteiger partial charge in [-0.3, -0.25) is 14.2 Å². The molecular weight excluding hydrogens is 352 g/mol. The minimum atomic E-state index is -2.76. The molecule has 1 saturated carbocycles. The van der Waals surface area contributed by atoms with Gasteiger partial charge in [-0.2, -0.15) is 10.2 Å². The summed E-state index contributed by atoms with van der Waals surface area (Å²) in [6.07, 6.45) is 0.672. The third-order valence-electron chi connectivity index (χ3n) is 4.29. The fourth-order valence-corrected chi connectivity index (χ4v) is 3.32. The van der Waals surface area contributed by atoms with Crippen LogP contribution in [0.2, 0.25) is 5.02 Å². The van der Waals surface area contributed by atoms with Crippen molar-refractivity contribution in [1.29, 1.82) is 0 Å². The summed E-state index contributed by atoms with van der Waals surface area (Å²) in [5, 5.41) is 10.9. The van der Waals surface area contributed by atoms with Gasteiger partial charge in [-0.15, -0.1) is 0 Å². The summed E-state index contributed by atoms with van der Waals surface area (Å²) < 4.78 is 29.2. The zero-order valence-electron chi connectivity index (χ0n) is 14.0. The average molecular weight is 372 g/mol. The molecule has 1 aliphatic carbocycles. The maximum atomic E-state index is 13.1. The Balaban J connectivity index is 1.74. The lowest BCUT2D eigenvalue weighted by molar-refractivity contribution is -0.122. The van der Waals surface area contributed by atoms with Gasteiger partial charge in [0.15, 0.2) is 0 Å². The van der Waals surface area contributed by atoms with Gasteiger partial charge in [0.05, 0.1) is 22.5 Å². The van der Waals surface area contributed by atoms with Crippen LogP contribution in [0.25, 0.3) is 0 Å². The predicted molar refractivity (Wildman–Crippen MR) is 88.6 cm³/mol. The van der Waals surface area contributed by atoms with Crippen LogP contribution in [0, 0.1) is 0 Å². The molecule has 9 heteroatoms. The Bertz CT molecular complexity index is 769. The van der Waals surface area contributed by atoms with Crippen molar-refractivity contribution in [1.82, 2.24) is 24.9 Å². The van der Waals surface area contributed by atoms with E-state index in [1.807, 2.05) is 19.9 Å². The smallest absolute Gasteiger partial charge is 0.283 e. The molecule has 1 atom stereocenters. The number of aromatic nitrogens is 4. The summed E-state index contributed by atoms with van der Waals surface area (Å²) in [5.41, 5.74) is 0.969. The van der Waals surface area contributed by atoms with Crippen LogP contribution >= 0.6 is 11.6 Å². The van der Waals surface area contributed by atoms with E-state index >= 15 is 0 Å². The van der Waals surface area contributed by atoms with Gasteiger partial charge in [-0.1, -0.05) is 11.6 Å². The van der Waals surface area contributed by atoms with Gasteiger partial charge in [-0.25, -0.2) is 8.78 Å². The maximum absolute atomic E-state index is 13.1. The lowest BCUT2D eigenvalue weighted by atomic mass is 10.2. The number of halogens is 3. The summed E-state index contributed by atoms with van der Waals surface area (Å²) in [6.45, 7) is 4.37. The zero-order chi connectivity index (χ0) is 18.1. The fourth-order valence-electron chi connectivity index (χ4n) is 2.95. The Labute approximate surface area is 149 Å². The summed E-state index contributed by atoms with van der Waals surface area (Å²) >= 11 is 6.06. The van der Waals surface area contributed by atoms with Crippen LogP contribution in [0.5, 0.6) is 0 Å². The monoisotopic (exact) mass is 371 g/mol. The number of alkyl halides is 2. The highest BCUT2D eigenvalue weighted by Gasteiger charge is 2.34. The van der Waals surface area contributed by atoms with Crippen LogP contribution < -0.4 is 5.32 Å². The van der Waals surface area contributed by atoms with Crippen LogP contribution in [0.3, 0.4) is 0 Å². The van der Waals surface area contributed by atoms with E-state index in [0.29, 0.717) is 12.2 Å². The normalized spacial score (nSPS) is 15.6. The molecule has 0 radical (unpaired) electrons. The molecule has 0 aromatic carbocycles. The van der Waals surface area contributed by atoms with E-state index in [4.69, 9.17) is 11.6 Å². The summed E-state index contributed by atoms with van der Waals surface area (Å²) in [4.78, 5) is 12.4. The van der Waals surface area contributed by atoms with E-state index in [0.717, 1.165) is 18.5 Å². The number of amides is 1. The molecule has 0 bridgehead atoms. The number of nitrogens with one attached hydrogen (secondary N) is 1. The number of nitrogens with zero attached hydrogens (tertiary/aromatic N) is 4. The highest BCUT2D eigenvalue weighted by Crippen LogP contribution is 2.45. The van der Waals surface area contributed by atoms with Crippen LogP contribution in [0.4, 0.5) is 8.78 Å². The fraction of sp³-hybridized carbons (Fsp3) is 0.562. The molecule has 1 aliphatic rings. The molecule has 1 N–H and O–H groups in total. The van der Waals surface area contributed by atoms with Crippen LogP contribution in [0.1, 0.15) is 62.2 Å². The number of carbonyl (C=O) groups is 1. The molecular formula is C16H20ClF2N5O. The number of hydrogen-bond acceptors (Lipinski definition) is 3. The lowest BCUT2D eigenvalue weighted by Crippen LogP contribution is -2.32. The Kier molecular flexibility index (Phi) is 5.08. The van der Waals surface area contributed by atoms with Gasteiger partial charge >= 0.3 is 0 Å². The molecule has 1 unspecified atom stereocenters. The standard InChI is InChI=1S/C16H20ClF2N5O/c1-3-23-11(6-7-20-23)9(2)21-12(25)8-24-15(10-4-5-10)13(17)14(22-24)16(18)19/h6-7,9-10,16H,3-5,8H2,1-2H3,(H,21,25). The van der Waals surface area contributed by atoms with E-state index in [1.165, 1.54) is 4.68 Å². The third kappa shape index (κ3) is 3.68. The van der Waals surface area contributed by atoms with Gasteiger partial charge in [-0.05, 0) is 32.8 Å². The molecule has 0 saturated heterocycles. The first kappa shape index (κ1) is 17.8. The van der Waals surface area contributed by atoms with Crippen molar-refractivity contribution in [3.63, 3.8) is 0 Å². The molecule has 2 aromatic heterocycles. The van der Waals surface area contributed by atoms with Crippen molar-refractivity contribution in [3.8, 4) is 0 Å². The van der Waals surface area contributed by atoms with Crippen molar-refractivity contribution in [2.45, 2.75) is 58.2 Å². The van der Waals surface area contributed by atoms with Gasteiger partial charge < -0.3 is 5.32 Å². The molecule has 1 amide bonds. The first-order valence-corrected chi connectivity index (χ1v) is 8.65. The van der Waals surface area contributed by atoms with Gasteiger partial charge in [0, 0.05) is 18.7 Å². The van der Waals surface area contributed by atoms with Crippen molar-refractivity contribution in [3.05, 3.63) is 34.4 Å². The van der Waals surface area contributed by atoms with Crippen molar-refractivity contribution >= 4 is 17.5 Å². The molecule has 2 aromatic rings. The zero-order valence-corrected chi connectivity index (χ0v) is 14.8. The van der Waals surface area contributed by atoms with Crippen molar-refractivity contribution in [2.24, 2.45) is 0 Å². The first-order valence-electron chi connectivity index (χ1n) is 8.27. The average Bonchev–Trinajstić information content (AvgIpc) is 3.16. The third-order valence-corrected chi connectivity index (χ3v) is 4.68.